The summed E-state index contributed by atoms with van der Waals surface area (Å²) in [4.78, 5) is 9.65. The minimum absolute atomic E-state index is 0.0277. The molecule has 2 aromatic rings. The molecule has 0 bridgehead atoms. The number of rotatable bonds is 7. The van der Waals surface area contributed by atoms with Crippen LogP contribution in [0.3, 0.4) is 0 Å². The predicted octanol–water partition coefficient (Wildman–Crippen LogP) is 3.25. The molecule has 1 aromatic carbocycles. The lowest BCUT2D eigenvalue weighted by Gasteiger charge is -2.08. The van der Waals surface area contributed by atoms with E-state index >= 15 is 0 Å². The van der Waals surface area contributed by atoms with Crippen LogP contribution < -0.4 is 4.72 Å². The molecular weight excluding hydrogens is 457 g/mol. The molecule has 148 valence electrons. The van der Waals surface area contributed by atoms with E-state index in [-0.39, 0.29) is 29.7 Å². The Balaban J connectivity index is 2.05. The maximum atomic E-state index is 12.8. The molecule has 0 fully saturated rings. The summed E-state index contributed by atoms with van der Waals surface area (Å²) in [5.41, 5.74) is -1.36. The fourth-order valence-corrected chi connectivity index (χ4v) is 4.02. The topological polar surface area (TPSA) is 107 Å². The molecule has 1 N–H and O–H groups in total. The molecule has 8 nitrogen and oxygen atoms in total. The molecule has 2 rings (SSSR count). The zero-order chi connectivity index (χ0) is 20.4. The van der Waals surface area contributed by atoms with Gasteiger partial charge < -0.3 is 0 Å². The number of nitro groups is 1. The molecule has 1 heterocycles. The summed E-state index contributed by atoms with van der Waals surface area (Å²) in [6.07, 6.45) is -4.48. The molecule has 0 spiro atoms. The lowest BCUT2D eigenvalue weighted by molar-refractivity contribution is -0.387. The maximum Gasteiger partial charge on any atom is 0.436 e. The van der Waals surface area contributed by atoms with Crippen LogP contribution >= 0.6 is 15.9 Å². The highest BCUT2D eigenvalue weighted by Crippen LogP contribution is 2.35. The molecule has 0 aliphatic carbocycles. The van der Waals surface area contributed by atoms with Gasteiger partial charge in [0.1, 0.15) is 0 Å². The van der Waals surface area contributed by atoms with Gasteiger partial charge in [0, 0.05) is 19.2 Å². The fraction of sp³-hybridized carbons (Fsp3) is 0.357. The van der Waals surface area contributed by atoms with Crippen molar-refractivity contribution in [1.82, 2.24) is 14.5 Å². The van der Waals surface area contributed by atoms with Crippen molar-refractivity contribution in [2.75, 3.05) is 6.54 Å². The van der Waals surface area contributed by atoms with Crippen molar-refractivity contribution < 1.29 is 26.5 Å². The van der Waals surface area contributed by atoms with Crippen molar-refractivity contribution in [3.05, 3.63) is 50.2 Å². The Kier molecular flexibility index (Phi) is 6.27. The zero-order valence-corrected chi connectivity index (χ0v) is 16.2. The van der Waals surface area contributed by atoms with Crippen LogP contribution in [0, 0.1) is 17.0 Å². The van der Waals surface area contributed by atoms with Gasteiger partial charge in [0.15, 0.2) is 10.6 Å². The number of para-hydroxylation sites is 1. The van der Waals surface area contributed by atoms with Gasteiger partial charge in [-0.15, -0.1) is 0 Å². The molecule has 0 unspecified atom stereocenters. The zero-order valence-electron chi connectivity index (χ0n) is 13.8. The van der Waals surface area contributed by atoms with Gasteiger partial charge in [-0.05, 0) is 35.3 Å². The first-order valence-corrected chi connectivity index (χ1v) is 9.76. The third-order valence-corrected chi connectivity index (χ3v) is 6.05. The van der Waals surface area contributed by atoms with Gasteiger partial charge in [0.2, 0.25) is 10.0 Å². The third kappa shape index (κ3) is 4.84. The molecule has 1 aromatic heterocycles. The van der Waals surface area contributed by atoms with Crippen molar-refractivity contribution >= 4 is 31.6 Å². The molecule has 0 aliphatic rings. The molecule has 0 aliphatic heterocycles. The van der Waals surface area contributed by atoms with E-state index in [9.17, 15) is 31.7 Å². The second-order valence-corrected chi connectivity index (χ2v) is 7.97. The van der Waals surface area contributed by atoms with E-state index in [1.165, 1.54) is 19.1 Å². The summed E-state index contributed by atoms with van der Waals surface area (Å²) >= 11 is 2.85. The summed E-state index contributed by atoms with van der Waals surface area (Å²) in [5.74, 6) is 0. The van der Waals surface area contributed by atoms with Gasteiger partial charge >= 0.3 is 6.18 Å². The number of halogens is 4. The van der Waals surface area contributed by atoms with Crippen LogP contribution in [0.4, 0.5) is 18.9 Å². The molecule has 27 heavy (non-hydrogen) atoms. The Morgan fingerprint density at radius 2 is 1.96 bits per heavy atom. The van der Waals surface area contributed by atoms with E-state index in [1.54, 1.807) is 0 Å². The highest BCUT2D eigenvalue weighted by molar-refractivity contribution is 9.10. The van der Waals surface area contributed by atoms with E-state index in [2.05, 4.69) is 25.8 Å². The fourth-order valence-electron chi connectivity index (χ4n) is 2.27. The number of hydrogen-bond donors (Lipinski definition) is 1. The first kappa shape index (κ1) is 21.3. The van der Waals surface area contributed by atoms with Gasteiger partial charge in [-0.3, -0.25) is 14.8 Å². The number of sulfonamides is 1. The quantitative estimate of drug-likeness (QED) is 0.379. The van der Waals surface area contributed by atoms with Crippen LogP contribution in [0.25, 0.3) is 0 Å². The minimum Gasteiger partial charge on any atom is -0.268 e. The summed E-state index contributed by atoms with van der Waals surface area (Å²) in [6, 6.07) is 4.86. The Labute approximate surface area is 160 Å². The Morgan fingerprint density at radius 1 is 1.33 bits per heavy atom. The van der Waals surface area contributed by atoms with Crippen LogP contribution in [0.1, 0.15) is 17.8 Å². The van der Waals surface area contributed by atoms with E-state index in [0.717, 1.165) is 16.8 Å². The van der Waals surface area contributed by atoms with Gasteiger partial charge in [-0.2, -0.15) is 18.3 Å². The van der Waals surface area contributed by atoms with Crippen LogP contribution in [0.15, 0.2) is 33.6 Å². The SMILES string of the molecule is Cc1c(Br)c(C(F)(F)F)nn1CCCNS(=O)(=O)c1ccccc1[N+](=O)[O-]. The van der Waals surface area contributed by atoms with Crippen LogP contribution in [0.2, 0.25) is 0 Å². The van der Waals surface area contributed by atoms with Crippen molar-refractivity contribution in [3.63, 3.8) is 0 Å². The summed E-state index contributed by atoms with van der Waals surface area (Å²) in [7, 11) is -4.14. The first-order chi connectivity index (χ1) is 12.4. The lowest BCUT2D eigenvalue weighted by Crippen LogP contribution is -2.26. The lowest BCUT2D eigenvalue weighted by atomic mass is 10.3. The number of nitrogens with zero attached hydrogens (tertiary/aromatic N) is 3. The normalized spacial score (nSPS) is 12.3. The highest BCUT2D eigenvalue weighted by atomic mass is 79.9. The van der Waals surface area contributed by atoms with Gasteiger partial charge in [0.05, 0.1) is 15.1 Å². The average molecular weight is 471 g/mol. The van der Waals surface area contributed by atoms with Crippen molar-refractivity contribution in [3.8, 4) is 0 Å². The number of aromatic nitrogens is 2. The average Bonchev–Trinajstić information content (AvgIpc) is 2.87. The largest absolute Gasteiger partial charge is 0.436 e. The molecule has 13 heteroatoms. The molecule has 0 atom stereocenters. The van der Waals surface area contributed by atoms with Crippen LogP contribution in [-0.2, 0) is 22.7 Å². The third-order valence-electron chi connectivity index (χ3n) is 3.59. The van der Waals surface area contributed by atoms with E-state index in [0.29, 0.717) is 0 Å². The summed E-state index contributed by atoms with van der Waals surface area (Å²) < 4.78 is 66.1. The number of nitrogens with one attached hydrogen (secondary N) is 1. The van der Waals surface area contributed by atoms with Crippen molar-refractivity contribution in [2.24, 2.45) is 0 Å². The highest BCUT2D eigenvalue weighted by Gasteiger charge is 2.37. The standard InChI is InChI=1S/C14H14BrF3N4O4S/c1-9-12(15)13(14(16,17)18)20-21(9)8-4-7-19-27(25,26)11-6-3-2-5-10(11)22(23)24/h2-3,5-6,19H,4,7-8H2,1H3. The Bertz CT molecular complexity index is 960. The number of benzene rings is 1. The van der Waals surface area contributed by atoms with E-state index in [4.69, 9.17) is 0 Å². The minimum atomic E-state index is -4.61. The summed E-state index contributed by atoms with van der Waals surface area (Å²) in [5, 5.41) is 14.4. The van der Waals surface area contributed by atoms with Gasteiger partial charge in [0.25, 0.3) is 5.69 Å². The molecule has 0 radical (unpaired) electrons. The monoisotopic (exact) mass is 470 g/mol. The molecular formula is C14H14BrF3N4O4S. The van der Waals surface area contributed by atoms with Crippen LogP contribution in [-0.4, -0.2) is 29.7 Å². The predicted molar refractivity (Wildman–Crippen MR) is 92.6 cm³/mol. The summed E-state index contributed by atoms with van der Waals surface area (Å²) in [6.45, 7) is 1.34. The van der Waals surface area contributed by atoms with Crippen LogP contribution in [0.5, 0.6) is 0 Å². The number of alkyl halides is 3. The van der Waals surface area contributed by atoms with Gasteiger partial charge in [-0.25, -0.2) is 13.1 Å². The molecule has 0 saturated carbocycles. The molecule has 0 saturated heterocycles. The smallest absolute Gasteiger partial charge is 0.268 e. The second kappa shape index (κ2) is 7.94. The van der Waals surface area contributed by atoms with Gasteiger partial charge in [-0.1, -0.05) is 12.1 Å². The Hall–Kier alpha value is -1.99. The van der Waals surface area contributed by atoms with Crippen molar-refractivity contribution in [1.29, 1.82) is 0 Å². The number of nitro benzene ring substituents is 1. The van der Waals surface area contributed by atoms with Crippen molar-refractivity contribution in [2.45, 2.75) is 31.0 Å². The molecule has 0 amide bonds. The number of hydrogen-bond acceptors (Lipinski definition) is 5. The number of aryl methyl sites for hydroxylation is 1. The maximum absolute atomic E-state index is 12.8. The Morgan fingerprint density at radius 3 is 2.52 bits per heavy atom. The second-order valence-electron chi connectivity index (χ2n) is 5.45. The van der Waals surface area contributed by atoms with E-state index < -0.39 is 37.4 Å². The van der Waals surface area contributed by atoms with E-state index in [1.807, 2.05) is 0 Å². The first-order valence-electron chi connectivity index (χ1n) is 7.48.